The number of Topliss-reactive ketones (excluding diaryl/α,β-unsaturated/α-hetero) is 1. The first kappa shape index (κ1) is 10.3. The van der Waals surface area contributed by atoms with E-state index in [0.29, 0.717) is 30.1 Å². The second-order valence-electron chi connectivity index (χ2n) is 3.36. The summed E-state index contributed by atoms with van der Waals surface area (Å²) in [6, 6.07) is 5.67. The van der Waals surface area contributed by atoms with Gasteiger partial charge in [-0.3, -0.25) is 4.79 Å². The van der Waals surface area contributed by atoms with Crippen LogP contribution < -0.4 is 4.74 Å². The molecule has 0 aromatic heterocycles. The van der Waals surface area contributed by atoms with Crippen molar-refractivity contribution in [1.29, 1.82) is 0 Å². The summed E-state index contributed by atoms with van der Waals surface area (Å²) in [6.45, 7) is 0.498. The van der Waals surface area contributed by atoms with Gasteiger partial charge in [0.15, 0.2) is 5.78 Å². The van der Waals surface area contributed by atoms with Gasteiger partial charge in [-0.2, -0.15) is 12.6 Å². The zero-order valence-corrected chi connectivity index (χ0v) is 9.17. The highest BCUT2D eigenvalue weighted by molar-refractivity contribution is 7.80. The number of rotatable bonds is 2. The minimum Gasteiger partial charge on any atom is -0.492 e. The summed E-state index contributed by atoms with van der Waals surface area (Å²) in [6.07, 6.45) is 4.38. The van der Waals surface area contributed by atoms with Crippen molar-refractivity contribution in [2.24, 2.45) is 0 Å². The van der Waals surface area contributed by atoms with Crippen LogP contribution in [0, 0.1) is 0 Å². The van der Waals surface area contributed by atoms with Crippen LogP contribution in [-0.4, -0.2) is 18.1 Å². The van der Waals surface area contributed by atoms with Crippen molar-refractivity contribution >= 4 is 24.5 Å². The molecule has 2 nitrogen and oxygen atoms in total. The summed E-state index contributed by atoms with van der Waals surface area (Å²) < 4.78 is 5.39. The number of ketones is 1. The van der Waals surface area contributed by atoms with Gasteiger partial charge in [-0.25, -0.2) is 0 Å². The second-order valence-corrected chi connectivity index (χ2v) is 3.73. The molecule has 3 heteroatoms. The number of thiol groups is 1. The number of carbonyl (C=O) groups is 1. The fraction of sp³-hybridized carbons (Fsp3) is 0.250. The van der Waals surface area contributed by atoms with Crippen LogP contribution in [0.25, 0.3) is 6.08 Å². The maximum Gasteiger partial charge on any atom is 0.170 e. The SMILES string of the molecule is O=C1CCOc2ccc(C=CCS)cc21. The number of carbonyl (C=O) groups excluding carboxylic acids is 1. The molecule has 1 aromatic carbocycles. The van der Waals surface area contributed by atoms with Gasteiger partial charge in [-0.15, -0.1) is 0 Å². The fourth-order valence-corrected chi connectivity index (χ4v) is 1.68. The van der Waals surface area contributed by atoms with Crippen LogP contribution in [0.2, 0.25) is 0 Å². The van der Waals surface area contributed by atoms with Crippen LogP contribution in [0.4, 0.5) is 0 Å². The first-order valence-corrected chi connectivity index (χ1v) is 5.52. The lowest BCUT2D eigenvalue weighted by molar-refractivity contribution is 0.0933. The molecule has 1 heterocycles. The Bertz CT molecular complexity index is 410. The summed E-state index contributed by atoms with van der Waals surface area (Å²) in [7, 11) is 0. The van der Waals surface area contributed by atoms with Gasteiger partial charge in [0.05, 0.1) is 12.2 Å². The molecule has 0 spiro atoms. The lowest BCUT2D eigenvalue weighted by Crippen LogP contribution is -2.15. The van der Waals surface area contributed by atoms with E-state index >= 15 is 0 Å². The average Bonchev–Trinajstić information content (AvgIpc) is 2.27. The average molecular weight is 220 g/mol. The molecule has 78 valence electrons. The molecular weight excluding hydrogens is 208 g/mol. The van der Waals surface area contributed by atoms with Crippen molar-refractivity contribution in [2.75, 3.05) is 12.4 Å². The molecule has 1 aliphatic rings. The number of benzene rings is 1. The third kappa shape index (κ3) is 2.23. The Balaban J connectivity index is 2.35. The predicted molar refractivity (Wildman–Crippen MR) is 63.8 cm³/mol. The van der Waals surface area contributed by atoms with Crippen molar-refractivity contribution in [1.82, 2.24) is 0 Å². The van der Waals surface area contributed by atoms with Crippen LogP contribution >= 0.6 is 12.6 Å². The summed E-state index contributed by atoms with van der Waals surface area (Å²) in [5.41, 5.74) is 1.71. The van der Waals surface area contributed by atoms with Gasteiger partial charge >= 0.3 is 0 Å². The molecule has 0 saturated carbocycles. The van der Waals surface area contributed by atoms with Gasteiger partial charge in [0, 0.05) is 12.2 Å². The summed E-state index contributed by atoms with van der Waals surface area (Å²) in [5, 5.41) is 0. The summed E-state index contributed by atoms with van der Waals surface area (Å²) >= 11 is 4.09. The van der Waals surface area contributed by atoms with Gasteiger partial charge in [0.2, 0.25) is 0 Å². The van der Waals surface area contributed by atoms with Crippen molar-refractivity contribution in [3.05, 3.63) is 35.4 Å². The number of hydrogen-bond donors (Lipinski definition) is 1. The van der Waals surface area contributed by atoms with Gasteiger partial charge in [-0.05, 0) is 17.7 Å². The molecule has 0 N–H and O–H groups in total. The Morgan fingerprint density at radius 2 is 2.33 bits per heavy atom. The van der Waals surface area contributed by atoms with Crippen LogP contribution in [0.15, 0.2) is 24.3 Å². The third-order valence-electron chi connectivity index (χ3n) is 2.31. The minimum absolute atomic E-state index is 0.164. The molecule has 15 heavy (non-hydrogen) atoms. The monoisotopic (exact) mass is 220 g/mol. The van der Waals surface area contributed by atoms with Crippen molar-refractivity contribution in [3.8, 4) is 5.75 Å². The van der Waals surface area contributed by atoms with E-state index in [4.69, 9.17) is 4.74 Å². The van der Waals surface area contributed by atoms with E-state index in [1.807, 2.05) is 30.4 Å². The summed E-state index contributed by atoms with van der Waals surface area (Å²) in [5.74, 6) is 1.56. The maximum absolute atomic E-state index is 11.6. The molecule has 0 saturated heterocycles. The highest BCUT2D eigenvalue weighted by atomic mass is 32.1. The van der Waals surface area contributed by atoms with Crippen LogP contribution in [0.5, 0.6) is 5.75 Å². The van der Waals surface area contributed by atoms with Crippen molar-refractivity contribution in [2.45, 2.75) is 6.42 Å². The summed E-state index contributed by atoms with van der Waals surface area (Å²) in [4.78, 5) is 11.6. The van der Waals surface area contributed by atoms with Crippen LogP contribution in [-0.2, 0) is 0 Å². The maximum atomic E-state index is 11.6. The number of fused-ring (bicyclic) bond motifs is 1. The number of hydrogen-bond acceptors (Lipinski definition) is 3. The van der Waals surface area contributed by atoms with Gasteiger partial charge in [0.25, 0.3) is 0 Å². The van der Waals surface area contributed by atoms with E-state index in [1.165, 1.54) is 0 Å². The van der Waals surface area contributed by atoms with Gasteiger partial charge in [-0.1, -0.05) is 18.2 Å². The molecule has 0 radical (unpaired) electrons. The standard InChI is InChI=1S/C12H12O2S/c13-11-5-6-14-12-4-3-9(2-1-7-15)8-10(11)12/h1-4,8,15H,5-7H2. The molecule has 2 rings (SSSR count). The minimum atomic E-state index is 0.164. The second kappa shape index (κ2) is 4.53. The molecule has 0 fully saturated rings. The van der Waals surface area contributed by atoms with E-state index in [1.54, 1.807) is 0 Å². The highest BCUT2D eigenvalue weighted by Crippen LogP contribution is 2.25. The molecule has 0 bridgehead atoms. The van der Waals surface area contributed by atoms with E-state index in [9.17, 15) is 4.79 Å². The lowest BCUT2D eigenvalue weighted by Gasteiger charge is -2.16. The first-order chi connectivity index (χ1) is 7.31. The molecular formula is C12H12O2S. The Morgan fingerprint density at radius 1 is 1.47 bits per heavy atom. The van der Waals surface area contributed by atoms with Crippen molar-refractivity contribution < 1.29 is 9.53 Å². The zero-order valence-electron chi connectivity index (χ0n) is 8.27. The lowest BCUT2D eigenvalue weighted by atomic mass is 10.0. The van der Waals surface area contributed by atoms with Crippen LogP contribution in [0.1, 0.15) is 22.3 Å². The van der Waals surface area contributed by atoms with Gasteiger partial charge in [0.1, 0.15) is 5.75 Å². The van der Waals surface area contributed by atoms with Gasteiger partial charge < -0.3 is 4.74 Å². The number of ether oxygens (including phenoxy) is 1. The Morgan fingerprint density at radius 3 is 3.13 bits per heavy atom. The topological polar surface area (TPSA) is 26.3 Å². The zero-order chi connectivity index (χ0) is 10.7. The van der Waals surface area contributed by atoms with E-state index < -0.39 is 0 Å². The Labute approximate surface area is 94.4 Å². The molecule has 1 aromatic rings. The predicted octanol–water partition coefficient (Wildman–Crippen LogP) is 2.59. The highest BCUT2D eigenvalue weighted by Gasteiger charge is 2.17. The molecule has 1 aliphatic heterocycles. The van der Waals surface area contributed by atoms with E-state index in [0.717, 1.165) is 5.56 Å². The normalized spacial score (nSPS) is 15.1. The molecule has 0 atom stereocenters. The fourth-order valence-electron chi connectivity index (χ4n) is 1.57. The van der Waals surface area contributed by atoms with Crippen LogP contribution in [0.3, 0.4) is 0 Å². The molecule has 0 unspecified atom stereocenters. The van der Waals surface area contributed by atoms with E-state index in [-0.39, 0.29) is 5.78 Å². The largest absolute Gasteiger partial charge is 0.492 e. The quantitative estimate of drug-likeness (QED) is 0.775. The van der Waals surface area contributed by atoms with Crippen molar-refractivity contribution in [3.63, 3.8) is 0 Å². The van der Waals surface area contributed by atoms with E-state index in [2.05, 4.69) is 12.6 Å². The first-order valence-electron chi connectivity index (χ1n) is 4.88. The smallest absolute Gasteiger partial charge is 0.170 e. The Kier molecular flexibility index (Phi) is 3.11. The third-order valence-corrected chi connectivity index (χ3v) is 2.52. The molecule has 0 aliphatic carbocycles. The Hall–Kier alpha value is -1.22. The molecule has 0 amide bonds.